The van der Waals surface area contributed by atoms with Crippen molar-refractivity contribution >= 4 is 0 Å². The van der Waals surface area contributed by atoms with Gasteiger partial charge < -0.3 is 60.9 Å². The predicted molar refractivity (Wildman–Crippen MR) is 69.9 cm³/mol. The molecule has 0 aromatic rings. The summed E-state index contributed by atoms with van der Waals surface area (Å²) in [5, 5.41) is 109. The molecule has 1 aliphatic heterocycles. The minimum atomic E-state index is -3.43. The van der Waals surface area contributed by atoms with E-state index in [9.17, 15) is 51.1 Å². The zero-order valence-corrected chi connectivity index (χ0v) is 12.2. The fourth-order valence-electron chi connectivity index (χ4n) is 3.18. The molecule has 0 amide bonds. The zero-order chi connectivity index (χ0) is 18.6. The van der Waals surface area contributed by atoms with Crippen molar-refractivity contribution in [2.24, 2.45) is 0 Å². The number of hydrogen-bond donors (Lipinski definition) is 11. The molecule has 12 heteroatoms. The molecule has 2 aliphatic rings. The molecule has 1 saturated heterocycles. The first-order chi connectivity index (χ1) is 10.9. The van der Waals surface area contributed by atoms with Crippen LogP contribution in [0.5, 0.6) is 0 Å². The highest BCUT2D eigenvalue weighted by Gasteiger charge is 2.73. The molecule has 0 spiro atoms. The van der Waals surface area contributed by atoms with Crippen LogP contribution in [0.2, 0.25) is 0 Å². The largest absolute Gasteiger partial charge is 0.394 e. The summed E-state index contributed by atoms with van der Waals surface area (Å²) in [6.45, 7) is -0.997. The van der Waals surface area contributed by atoms with Gasteiger partial charge in [-0.05, 0) is 0 Å². The number of hydrogen-bond acceptors (Lipinski definition) is 12. The first-order valence-electron chi connectivity index (χ1n) is 7.13. The molecular formula is C12H22O12. The van der Waals surface area contributed by atoms with Crippen LogP contribution in [0.3, 0.4) is 0 Å². The third-order valence-corrected chi connectivity index (χ3v) is 4.79. The van der Waals surface area contributed by atoms with E-state index in [-0.39, 0.29) is 0 Å². The summed E-state index contributed by atoms with van der Waals surface area (Å²) in [5.74, 6) is -3.43. The Kier molecular flexibility index (Phi) is 5.25. The lowest BCUT2D eigenvalue weighted by atomic mass is 9.67. The molecule has 2 fully saturated rings. The Morgan fingerprint density at radius 2 is 1.04 bits per heavy atom. The third-order valence-electron chi connectivity index (χ3n) is 4.79. The summed E-state index contributed by atoms with van der Waals surface area (Å²) in [7, 11) is 0. The van der Waals surface area contributed by atoms with Crippen LogP contribution in [0.4, 0.5) is 0 Å². The van der Waals surface area contributed by atoms with Gasteiger partial charge in [0.25, 0.3) is 0 Å². The SMILES string of the molecule is OC[C@H]1OC(O)(C2(O)[C@H](O)[C@H](O)C(O)[C@H](O)[C@H]2O)[C@H](O)[C@@H](O)[C@H]1O. The second-order valence-corrected chi connectivity index (χ2v) is 6.15. The van der Waals surface area contributed by atoms with Crippen molar-refractivity contribution in [3.8, 4) is 0 Å². The highest BCUT2D eigenvalue weighted by molar-refractivity contribution is 5.18. The van der Waals surface area contributed by atoms with Crippen LogP contribution in [0.25, 0.3) is 0 Å². The standard InChI is InChI=1S/C12H22O12/c13-1-2-3(14)5(16)10(21)12(23,24-2)11(22)8(19)6(17)4(15)7(18)9(11)20/h2-10,13-23H,1H2/t2-,3+,4?,5+,6-,7+,8-,9-,10-,11?,12?/m1/s1. The van der Waals surface area contributed by atoms with Crippen LogP contribution >= 0.6 is 0 Å². The molecule has 11 N–H and O–H groups in total. The molecule has 24 heavy (non-hydrogen) atoms. The highest BCUT2D eigenvalue weighted by atomic mass is 16.7. The minimum absolute atomic E-state index is 0.997. The first-order valence-corrected chi connectivity index (χ1v) is 7.13. The van der Waals surface area contributed by atoms with Crippen molar-refractivity contribution in [1.82, 2.24) is 0 Å². The van der Waals surface area contributed by atoms with Crippen molar-refractivity contribution in [2.45, 2.75) is 66.3 Å². The van der Waals surface area contributed by atoms with E-state index in [4.69, 9.17) is 9.84 Å². The van der Waals surface area contributed by atoms with Gasteiger partial charge >= 0.3 is 0 Å². The first kappa shape index (κ1) is 19.8. The van der Waals surface area contributed by atoms with E-state index in [2.05, 4.69) is 0 Å². The lowest BCUT2D eigenvalue weighted by Crippen LogP contribution is -2.84. The average molecular weight is 358 g/mol. The van der Waals surface area contributed by atoms with Gasteiger partial charge in [0.1, 0.15) is 54.9 Å². The molecule has 12 nitrogen and oxygen atoms in total. The lowest BCUT2D eigenvalue weighted by molar-refractivity contribution is -0.440. The molecule has 1 saturated carbocycles. The van der Waals surface area contributed by atoms with Crippen molar-refractivity contribution in [2.75, 3.05) is 6.61 Å². The fourth-order valence-corrected chi connectivity index (χ4v) is 3.18. The quantitative estimate of drug-likeness (QED) is 0.221. The molecule has 0 bridgehead atoms. The maximum Gasteiger partial charge on any atom is 0.230 e. The normalized spacial score (nSPS) is 59.4. The fraction of sp³-hybridized carbons (Fsp3) is 1.00. The molecule has 3 unspecified atom stereocenters. The molecule has 2 rings (SSSR count). The van der Waals surface area contributed by atoms with Crippen molar-refractivity contribution in [3.63, 3.8) is 0 Å². The summed E-state index contributed by atoms with van der Waals surface area (Å²) in [6.07, 6.45) is -20.1. The van der Waals surface area contributed by atoms with Gasteiger partial charge in [0.15, 0.2) is 5.60 Å². The zero-order valence-electron chi connectivity index (χ0n) is 12.2. The summed E-state index contributed by atoms with van der Waals surface area (Å²) in [6, 6.07) is 0. The maximum atomic E-state index is 10.6. The number of ether oxygens (including phenoxy) is 1. The third kappa shape index (κ3) is 2.39. The Labute approximate surface area is 135 Å². The highest BCUT2D eigenvalue weighted by Crippen LogP contribution is 2.44. The summed E-state index contributed by atoms with van der Waals surface area (Å²) >= 11 is 0. The second-order valence-electron chi connectivity index (χ2n) is 6.15. The van der Waals surface area contributed by atoms with Gasteiger partial charge in [-0.1, -0.05) is 0 Å². The van der Waals surface area contributed by atoms with E-state index in [0.717, 1.165) is 0 Å². The van der Waals surface area contributed by atoms with Crippen LogP contribution in [0.1, 0.15) is 0 Å². The van der Waals surface area contributed by atoms with Crippen LogP contribution in [-0.2, 0) is 4.74 Å². The Balaban J connectivity index is 2.52. The summed E-state index contributed by atoms with van der Waals surface area (Å²) in [5.41, 5.74) is -3.40. The molecule has 0 aromatic heterocycles. The monoisotopic (exact) mass is 358 g/mol. The van der Waals surface area contributed by atoms with E-state index in [1.807, 2.05) is 0 Å². The van der Waals surface area contributed by atoms with Gasteiger partial charge in [-0.3, -0.25) is 0 Å². The van der Waals surface area contributed by atoms with Gasteiger partial charge in [0.2, 0.25) is 5.79 Å². The molecule has 1 heterocycles. The van der Waals surface area contributed by atoms with Crippen molar-refractivity contribution in [3.05, 3.63) is 0 Å². The Hall–Kier alpha value is -0.480. The smallest absolute Gasteiger partial charge is 0.230 e. The average Bonchev–Trinajstić information content (AvgIpc) is 2.57. The van der Waals surface area contributed by atoms with Gasteiger partial charge in [-0.15, -0.1) is 0 Å². The molecule has 0 aromatic carbocycles. The number of aliphatic hydroxyl groups excluding tert-OH is 9. The van der Waals surface area contributed by atoms with E-state index in [1.54, 1.807) is 0 Å². The van der Waals surface area contributed by atoms with Gasteiger partial charge in [-0.25, -0.2) is 0 Å². The van der Waals surface area contributed by atoms with E-state index >= 15 is 0 Å². The molecule has 0 radical (unpaired) electrons. The topological polar surface area (TPSA) is 232 Å². The van der Waals surface area contributed by atoms with Gasteiger partial charge in [-0.2, -0.15) is 0 Å². The number of rotatable bonds is 2. The Morgan fingerprint density at radius 1 is 0.625 bits per heavy atom. The Bertz CT molecular complexity index is 443. The van der Waals surface area contributed by atoms with Crippen molar-refractivity contribution < 1.29 is 60.9 Å². The second kappa shape index (κ2) is 6.35. The van der Waals surface area contributed by atoms with Crippen LogP contribution in [0.15, 0.2) is 0 Å². The number of aliphatic hydroxyl groups is 11. The maximum absolute atomic E-state index is 10.6. The lowest BCUT2D eigenvalue weighted by Gasteiger charge is -2.58. The van der Waals surface area contributed by atoms with Gasteiger partial charge in [0, 0.05) is 0 Å². The van der Waals surface area contributed by atoms with Crippen LogP contribution in [-0.4, -0.2) is 129 Å². The molecule has 1 aliphatic carbocycles. The minimum Gasteiger partial charge on any atom is -0.394 e. The summed E-state index contributed by atoms with van der Waals surface area (Å²) in [4.78, 5) is 0. The van der Waals surface area contributed by atoms with Gasteiger partial charge in [0.05, 0.1) is 6.61 Å². The van der Waals surface area contributed by atoms with Crippen molar-refractivity contribution in [1.29, 1.82) is 0 Å². The van der Waals surface area contributed by atoms with E-state index in [1.165, 1.54) is 0 Å². The predicted octanol–water partition coefficient (Wildman–Crippen LogP) is -7.30. The molecule has 142 valence electrons. The van der Waals surface area contributed by atoms with E-state index in [0.29, 0.717) is 0 Å². The Morgan fingerprint density at radius 3 is 1.46 bits per heavy atom. The summed E-state index contributed by atoms with van der Waals surface area (Å²) < 4.78 is 4.80. The van der Waals surface area contributed by atoms with Crippen LogP contribution < -0.4 is 0 Å². The van der Waals surface area contributed by atoms with E-state index < -0.39 is 72.9 Å². The molecular weight excluding hydrogens is 336 g/mol. The van der Waals surface area contributed by atoms with Crippen LogP contribution in [0, 0.1) is 0 Å². The molecule has 11 atom stereocenters.